The van der Waals surface area contributed by atoms with Gasteiger partial charge in [0.15, 0.2) is 0 Å². The van der Waals surface area contributed by atoms with Crippen molar-refractivity contribution >= 4 is 17.5 Å². The third-order valence-electron chi connectivity index (χ3n) is 4.53. The molecule has 2 heterocycles. The normalized spacial score (nSPS) is 16.7. The number of hydrogen-bond donors (Lipinski definition) is 1. The lowest BCUT2D eigenvalue weighted by molar-refractivity contribution is -0.138. The molecule has 0 aliphatic carbocycles. The molecule has 0 saturated carbocycles. The van der Waals surface area contributed by atoms with E-state index in [0.29, 0.717) is 13.0 Å². The number of nitrogens with zero attached hydrogens (tertiary/aromatic N) is 5. The molecule has 1 N–H and O–H groups in total. The third-order valence-corrected chi connectivity index (χ3v) is 4.53. The molecule has 3 aromatic rings. The number of carbonyl (C=O) groups is 2. The monoisotopic (exact) mass is 362 g/mol. The summed E-state index contributed by atoms with van der Waals surface area (Å²) in [4.78, 5) is 26.2. The molecule has 2 aromatic carbocycles. The molecule has 0 bridgehead atoms. The fourth-order valence-electron chi connectivity index (χ4n) is 3.11. The Balaban J connectivity index is 1.38. The van der Waals surface area contributed by atoms with Crippen molar-refractivity contribution in [3.63, 3.8) is 0 Å². The molecule has 8 nitrogen and oxygen atoms in total. The van der Waals surface area contributed by atoms with Gasteiger partial charge in [0.25, 0.3) is 5.91 Å². The van der Waals surface area contributed by atoms with Gasteiger partial charge in [-0.25, -0.2) is 4.68 Å². The second kappa shape index (κ2) is 7.36. The van der Waals surface area contributed by atoms with Crippen LogP contribution in [0.4, 0.5) is 5.69 Å². The van der Waals surface area contributed by atoms with Crippen LogP contribution < -0.4 is 5.32 Å². The highest BCUT2D eigenvalue weighted by molar-refractivity contribution is 6.06. The molecule has 1 aliphatic rings. The zero-order chi connectivity index (χ0) is 18.6. The van der Waals surface area contributed by atoms with Crippen LogP contribution in [-0.2, 0) is 16.0 Å². The fourth-order valence-corrected chi connectivity index (χ4v) is 3.11. The average molecular weight is 362 g/mol. The number of rotatable bonds is 6. The largest absolute Gasteiger partial charge is 0.373 e. The molecule has 2 amide bonds. The van der Waals surface area contributed by atoms with E-state index in [2.05, 4.69) is 20.8 Å². The molecule has 8 heteroatoms. The molecule has 136 valence electrons. The van der Waals surface area contributed by atoms with E-state index in [1.807, 2.05) is 54.6 Å². The van der Waals surface area contributed by atoms with Gasteiger partial charge in [-0.05, 0) is 46.7 Å². The Bertz CT molecular complexity index is 925. The number of aromatic nitrogens is 4. The van der Waals surface area contributed by atoms with Crippen LogP contribution >= 0.6 is 0 Å². The summed E-state index contributed by atoms with van der Waals surface area (Å²) in [6, 6.07) is 16.6. The second-order valence-electron chi connectivity index (χ2n) is 6.32. The lowest BCUT2D eigenvalue weighted by Crippen LogP contribution is -2.36. The SMILES string of the molecule is O=C1CC(Nc2ccc(-n3cnnn3)cc2)C(=O)N1CCc1ccccc1. The van der Waals surface area contributed by atoms with E-state index in [4.69, 9.17) is 0 Å². The quantitative estimate of drug-likeness (QED) is 0.667. The minimum absolute atomic E-state index is 0.140. The van der Waals surface area contributed by atoms with Crippen LogP contribution in [0.25, 0.3) is 5.69 Å². The Morgan fingerprint density at radius 2 is 1.81 bits per heavy atom. The molecule has 4 rings (SSSR count). The third kappa shape index (κ3) is 3.69. The van der Waals surface area contributed by atoms with Crippen molar-refractivity contribution in [3.8, 4) is 5.69 Å². The zero-order valence-corrected chi connectivity index (χ0v) is 14.5. The van der Waals surface area contributed by atoms with Crippen molar-refractivity contribution in [1.82, 2.24) is 25.1 Å². The number of likely N-dealkylation sites (tertiary alicyclic amines) is 1. The van der Waals surface area contributed by atoms with Gasteiger partial charge in [-0.3, -0.25) is 14.5 Å². The second-order valence-corrected chi connectivity index (χ2v) is 6.32. The van der Waals surface area contributed by atoms with E-state index in [0.717, 1.165) is 16.9 Å². The first-order valence-electron chi connectivity index (χ1n) is 8.69. The standard InChI is InChI=1S/C19H18N6O2/c26-18-12-17(19(27)24(18)11-10-14-4-2-1-3-5-14)21-15-6-8-16(9-7-15)25-13-20-22-23-25/h1-9,13,17,21H,10-12H2. The topological polar surface area (TPSA) is 93.0 Å². The molecule has 1 aliphatic heterocycles. The summed E-state index contributed by atoms with van der Waals surface area (Å²) in [6.07, 6.45) is 2.33. The van der Waals surface area contributed by atoms with Gasteiger partial charge in [-0.2, -0.15) is 0 Å². The Hall–Kier alpha value is -3.55. The predicted molar refractivity (Wildman–Crippen MR) is 98.0 cm³/mol. The first-order chi connectivity index (χ1) is 13.2. The molecular weight excluding hydrogens is 344 g/mol. The number of carbonyl (C=O) groups excluding carboxylic acids is 2. The van der Waals surface area contributed by atoms with Crippen LogP contribution in [0.5, 0.6) is 0 Å². The van der Waals surface area contributed by atoms with E-state index >= 15 is 0 Å². The summed E-state index contributed by atoms with van der Waals surface area (Å²) >= 11 is 0. The molecule has 1 aromatic heterocycles. The number of hydrogen-bond acceptors (Lipinski definition) is 6. The van der Waals surface area contributed by atoms with E-state index in [-0.39, 0.29) is 18.2 Å². The van der Waals surface area contributed by atoms with E-state index in [1.54, 1.807) is 4.68 Å². The number of benzene rings is 2. The van der Waals surface area contributed by atoms with Gasteiger partial charge >= 0.3 is 0 Å². The molecule has 1 unspecified atom stereocenters. The van der Waals surface area contributed by atoms with Crippen molar-refractivity contribution in [2.24, 2.45) is 0 Å². The Labute approximate surface area is 155 Å². The van der Waals surface area contributed by atoms with E-state index < -0.39 is 6.04 Å². The van der Waals surface area contributed by atoms with Crippen LogP contribution in [0.1, 0.15) is 12.0 Å². The highest BCUT2D eigenvalue weighted by Crippen LogP contribution is 2.20. The van der Waals surface area contributed by atoms with Gasteiger partial charge in [0.2, 0.25) is 5.91 Å². The van der Waals surface area contributed by atoms with Crippen LogP contribution in [0, 0.1) is 0 Å². The Morgan fingerprint density at radius 3 is 2.52 bits per heavy atom. The summed E-state index contributed by atoms with van der Waals surface area (Å²) in [6.45, 7) is 0.401. The fraction of sp³-hybridized carbons (Fsp3) is 0.211. The summed E-state index contributed by atoms with van der Waals surface area (Å²) < 4.78 is 1.54. The number of nitrogens with one attached hydrogen (secondary N) is 1. The van der Waals surface area contributed by atoms with Gasteiger partial charge in [0.1, 0.15) is 12.4 Å². The summed E-state index contributed by atoms with van der Waals surface area (Å²) in [5.41, 5.74) is 2.68. The molecule has 0 spiro atoms. The average Bonchev–Trinajstić information content (AvgIpc) is 3.31. The number of tetrazole rings is 1. The van der Waals surface area contributed by atoms with Crippen LogP contribution in [0.15, 0.2) is 60.9 Å². The van der Waals surface area contributed by atoms with Crippen molar-refractivity contribution < 1.29 is 9.59 Å². The van der Waals surface area contributed by atoms with Crippen molar-refractivity contribution in [2.45, 2.75) is 18.9 Å². The van der Waals surface area contributed by atoms with Crippen LogP contribution in [-0.4, -0.2) is 49.5 Å². The van der Waals surface area contributed by atoms with Crippen molar-refractivity contribution in [3.05, 3.63) is 66.5 Å². The first kappa shape index (κ1) is 16.9. The van der Waals surface area contributed by atoms with Gasteiger partial charge in [-0.1, -0.05) is 30.3 Å². The predicted octanol–water partition coefficient (Wildman–Crippen LogP) is 1.44. The lowest BCUT2D eigenvalue weighted by atomic mass is 10.1. The number of imide groups is 1. The van der Waals surface area contributed by atoms with Crippen LogP contribution in [0.2, 0.25) is 0 Å². The first-order valence-corrected chi connectivity index (χ1v) is 8.69. The Kier molecular flexibility index (Phi) is 4.61. The zero-order valence-electron chi connectivity index (χ0n) is 14.5. The number of anilines is 1. The molecule has 27 heavy (non-hydrogen) atoms. The molecule has 1 atom stereocenters. The molecule has 1 saturated heterocycles. The maximum absolute atomic E-state index is 12.6. The van der Waals surface area contributed by atoms with E-state index in [1.165, 1.54) is 11.2 Å². The van der Waals surface area contributed by atoms with Gasteiger partial charge in [0, 0.05) is 12.2 Å². The highest BCUT2D eigenvalue weighted by Gasteiger charge is 2.38. The Morgan fingerprint density at radius 1 is 1.04 bits per heavy atom. The lowest BCUT2D eigenvalue weighted by Gasteiger charge is -2.16. The van der Waals surface area contributed by atoms with Gasteiger partial charge in [-0.15, -0.1) is 5.10 Å². The summed E-state index contributed by atoms with van der Waals surface area (Å²) in [7, 11) is 0. The molecular formula is C19H18N6O2. The minimum atomic E-state index is -0.535. The minimum Gasteiger partial charge on any atom is -0.373 e. The van der Waals surface area contributed by atoms with Gasteiger partial charge < -0.3 is 5.32 Å². The van der Waals surface area contributed by atoms with Crippen molar-refractivity contribution in [1.29, 1.82) is 0 Å². The van der Waals surface area contributed by atoms with Gasteiger partial charge in [0.05, 0.1) is 12.1 Å². The van der Waals surface area contributed by atoms with E-state index in [9.17, 15) is 9.59 Å². The smallest absolute Gasteiger partial charge is 0.252 e. The molecule has 1 fully saturated rings. The number of amides is 2. The highest BCUT2D eigenvalue weighted by atomic mass is 16.2. The van der Waals surface area contributed by atoms with Crippen molar-refractivity contribution in [2.75, 3.05) is 11.9 Å². The maximum Gasteiger partial charge on any atom is 0.252 e. The summed E-state index contributed by atoms with van der Waals surface area (Å²) in [5.74, 6) is -0.320. The maximum atomic E-state index is 12.6. The molecule has 0 radical (unpaired) electrons. The van der Waals surface area contributed by atoms with Crippen LogP contribution in [0.3, 0.4) is 0 Å². The summed E-state index contributed by atoms with van der Waals surface area (Å²) in [5, 5.41) is 14.2.